The molecule has 0 fully saturated rings. The highest BCUT2D eigenvalue weighted by atomic mass is 16.5. The van der Waals surface area contributed by atoms with Crippen molar-refractivity contribution < 1.29 is 38.1 Å². The molecule has 2 rings (SSSR count). The van der Waals surface area contributed by atoms with Crippen molar-refractivity contribution >= 4 is 29.6 Å². The summed E-state index contributed by atoms with van der Waals surface area (Å²) in [5, 5.41) is 2.76. The zero-order chi connectivity index (χ0) is 20.1. The molecule has 0 aliphatic carbocycles. The maximum Gasteiger partial charge on any atom is 0.361 e. The van der Waals surface area contributed by atoms with E-state index in [9.17, 15) is 19.2 Å². The zero-order valence-corrected chi connectivity index (χ0v) is 15.1. The number of hydrogen-bond acceptors (Lipinski definition) is 9. The van der Waals surface area contributed by atoms with Crippen LogP contribution in [0.3, 0.4) is 0 Å². The standard InChI is InChI=1S/C18H17NO8/c1-9-5-6-12-11(7-9)19-15(18(23)27-12)14(17(22)26-4)10(16(21)25-3)8-13(20)24-2/h5-8,19H,1-4H3/b10-8+,15-14-. The molecule has 0 radical (unpaired) electrons. The SMILES string of the molecule is COC(=O)/C=C(C(=O)OC)\C(C(=O)OC)=C1\Nc2cc(C)ccc2OC1=O. The van der Waals surface area contributed by atoms with Gasteiger partial charge in [0.05, 0.1) is 32.6 Å². The van der Waals surface area contributed by atoms with Gasteiger partial charge in [-0.25, -0.2) is 19.2 Å². The first kappa shape index (κ1) is 19.7. The quantitative estimate of drug-likeness (QED) is 0.356. The fourth-order valence-electron chi connectivity index (χ4n) is 2.30. The van der Waals surface area contributed by atoms with Gasteiger partial charge in [-0.15, -0.1) is 0 Å². The van der Waals surface area contributed by atoms with Crippen LogP contribution in [-0.2, 0) is 33.4 Å². The maximum atomic E-state index is 12.4. The molecule has 1 aromatic carbocycles. The lowest BCUT2D eigenvalue weighted by molar-refractivity contribution is -0.140. The fourth-order valence-corrected chi connectivity index (χ4v) is 2.30. The van der Waals surface area contributed by atoms with Crippen molar-refractivity contribution in [1.82, 2.24) is 0 Å². The van der Waals surface area contributed by atoms with E-state index in [1.807, 2.05) is 6.92 Å². The van der Waals surface area contributed by atoms with E-state index in [2.05, 4.69) is 19.5 Å². The number of fused-ring (bicyclic) bond motifs is 1. The van der Waals surface area contributed by atoms with Crippen LogP contribution in [-0.4, -0.2) is 45.2 Å². The normalized spacial score (nSPS) is 15.0. The number of benzene rings is 1. The zero-order valence-electron chi connectivity index (χ0n) is 15.1. The van der Waals surface area contributed by atoms with Gasteiger partial charge in [-0.3, -0.25) is 0 Å². The molecule has 9 heteroatoms. The lowest BCUT2D eigenvalue weighted by Crippen LogP contribution is -2.29. The summed E-state index contributed by atoms with van der Waals surface area (Å²) in [6.45, 7) is 1.82. The van der Waals surface area contributed by atoms with Gasteiger partial charge < -0.3 is 24.3 Å². The van der Waals surface area contributed by atoms with Gasteiger partial charge in [-0.2, -0.15) is 0 Å². The molecule has 0 saturated heterocycles. The molecule has 1 heterocycles. The summed E-state index contributed by atoms with van der Waals surface area (Å²) < 4.78 is 19.0. The van der Waals surface area contributed by atoms with Crippen LogP contribution in [0.25, 0.3) is 0 Å². The van der Waals surface area contributed by atoms with E-state index >= 15 is 0 Å². The average molecular weight is 375 g/mol. The molecule has 1 aliphatic heterocycles. The second kappa shape index (κ2) is 8.17. The number of hydrogen-bond donors (Lipinski definition) is 1. The summed E-state index contributed by atoms with van der Waals surface area (Å²) in [7, 11) is 3.20. The van der Waals surface area contributed by atoms with Crippen LogP contribution in [0.5, 0.6) is 5.75 Å². The first-order valence-corrected chi connectivity index (χ1v) is 7.63. The number of nitrogens with one attached hydrogen (secondary N) is 1. The molecular formula is C18H17NO8. The monoisotopic (exact) mass is 375 g/mol. The highest BCUT2D eigenvalue weighted by Crippen LogP contribution is 2.33. The van der Waals surface area contributed by atoms with Crippen molar-refractivity contribution in [2.45, 2.75) is 6.92 Å². The van der Waals surface area contributed by atoms with Crippen molar-refractivity contribution in [2.24, 2.45) is 0 Å². The number of carbonyl (C=O) groups excluding carboxylic acids is 4. The molecule has 9 nitrogen and oxygen atoms in total. The maximum absolute atomic E-state index is 12.4. The summed E-state index contributed by atoms with van der Waals surface area (Å²) in [5.74, 6) is -3.72. The molecule has 0 amide bonds. The molecule has 0 saturated carbocycles. The number of carbonyl (C=O) groups is 4. The van der Waals surface area contributed by atoms with Crippen LogP contribution >= 0.6 is 0 Å². The van der Waals surface area contributed by atoms with Gasteiger partial charge in [-0.05, 0) is 24.6 Å². The van der Waals surface area contributed by atoms with Gasteiger partial charge in [0.15, 0.2) is 5.75 Å². The molecule has 0 spiro atoms. The number of anilines is 1. The molecule has 0 atom stereocenters. The van der Waals surface area contributed by atoms with E-state index in [1.54, 1.807) is 18.2 Å². The van der Waals surface area contributed by atoms with E-state index in [1.165, 1.54) is 0 Å². The summed E-state index contributed by atoms with van der Waals surface area (Å²) in [4.78, 5) is 48.6. The van der Waals surface area contributed by atoms with E-state index in [-0.39, 0.29) is 11.4 Å². The van der Waals surface area contributed by atoms with E-state index in [0.717, 1.165) is 33.0 Å². The third kappa shape index (κ3) is 4.14. The highest BCUT2D eigenvalue weighted by Gasteiger charge is 2.34. The van der Waals surface area contributed by atoms with Gasteiger partial charge in [0.1, 0.15) is 11.3 Å². The summed E-state index contributed by atoms with van der Waals surface area (Å²) >= 11 is 0. The van der Waals surface area contributed by atoms with Crippen molar-refractivity contribution in [3.05, 3.63) is 46.7 Å². The molecule has 0 aromatic heterocycles. The Balaban J connectivity index is 2.71. The minimum Gasteiger partial charge on any atom is -0.466 e. The first-order chi connectivity index (χ1) is 12.8. The molecule has 0 unspecified atom stereocenters. The van der Waals surface area contributed by atoms with Gasteiger partial charge in [0.25, 0.3) is 0 Å². The molecular weight excluding hydrogens is 358 g/mol. The molecule has 142 valence electrons. The Morgan fingerprint density at radius 3 is 2.30 bits per heavy atom. The van der Waals surface area contributed by atoms with Gasteiger partial charge in [-0.1, -0.05) is 6.07 Å². The highest BCUT2D eigenvalue weighted by molar-refractivity contribution is 6.15. The van der Waals surface area contributed by atoms with Crippen LogP contribution in [0.4, 0.5) is 5.69 Å². The van der Waals surface area contributed by atoms with Crippen molar-refractivity contribution in [3.8, 4) is 5.75 Å². The van der Waals surface area contributed by atoms with Gasteiger partial charge in [0, 0.05) is 6.08 Å². The predicted molar refractivity (Wildman–Crippen MR) is 91.6 cm³/mol. The Bertz CT molecular complexity index is 881. The third-order valence-electron chi connectivity index (χ3n) is 3.58. The molecule has 27 heavy (non-hydrogen) atoms. The van der Waals surface area contributed by atoms with Gasteiger partial charge >= 0.3 is 23.9 Å². The van der Waals surface area contributed by atoms with Crippen LogP contribution < -0.4 is 10.1 Å². The minimum absolute atomic E-state index is 0.245. The average Bonchev–Trinajstić information content (AvgIpc) is 2.66. The van der Waals surface area contributed by atoms with E-state index < -0.39 is 35.0 Å². The summed E-state index contributed by atoms with van der Waals surface area (Å²) in [6.07, 6.45) is 0.728. The van der Waals surface area contributed by atoms with Crippen LogP contribution in [0.2, 0.25) is 0 Å². The fraction of sp³-hybridized carbons (Fsp3) is 0.222. The second-order valence-corrected chi connectivity index (χ2v) is 5.33. The Morgan fingerprint density at radius 1 is 1.04 bits per heavy atom. The number of methoxy groups -OCH3 is 3. The summed E-state index contributed by atoms with van der Waals surface area (Å²) in [5.41, 5.74) is -0.163. The lowest BCUT2D eigenvalue weighted by Gasteiger charge is -2.22. The van der Waals surface area contributed by atoms with Crippen LogP contribution in [0, 0.1) is 6.92 Å². The summed E-state index contributed by atoms with van der Waals surface area (Å²) in [6, 6.07) is 4.99. The Morgan fingerprint density at radius 2 is 1.70 bits per heavy atom. The van der Waals surface area contributed by atoms with E-state index in [0.29, 0.717) is 5.69 Å². The third-order valence-corrected chi connectivity index (χ3v) is 3.58. The second-order valence-electron chi connectivity index (χ2n) is 5.33. The van der Waals surface area contributed by atoms with Crippen LogP contribution in [0.15, 0.2) is 41.1 Å². The molecule has 1 aromatic rings. The number of aryl methyl sites for hydroxylation is 1. The number of esters is 4. The largest absolute Gasteiger partial charge is 0.466 e. The predicted octanol–water partition coefficient (Wildman–Crippen LogP) is 1.03. The number of ether oxygens (including phenoxy) is 4. The Labute approximate surface area is 154 Å². The molecule has 0 bridgehead atoms. The lowest BCUT2D eigenvalue weighted by atomic mass is 10.0. The van der Waals surface area contributed by atoms with Crippen molar-refractivity contribution in [1.29, 1.82) is 0 Å². The van der Waals surface area contributed by atoms with Gasteiger partial charge in [0.2, 0.25) is 0 Å². The number of rotatable bonds is 4. The topological polar surface area (TPSA) is 117 Å². The van der Waals surface area contributed by atoms with Crippen molar-refractivity contribution in [2.75, 3.05) is 26.6 Å². The first-order valence-electron chi connectivity index (χ1n) is 7.63. The molecule has 1 aliphatic rings. The van der Waals surface area contributed by atoms with Crippen molar-refractivity contribution in [3.63, 3.8) is 0 Å². The Hall–Kier alpha value is -3.62. The minimum atomic E-state index is -1.05. The van der Waals surface area contributed by atoms with Crippen LogP contribution in [0.1, 0.15) is 5.56 Å². The van der Waals surface area contributed by atoms with E-state index in [4.69, 9.17) is 4.74 Å². The Kier molecular flexibility index (Phi) is 5.96. The molecule has 1 N–H and O–H groups in total. The smallest absolute Gasteiger partial charge is 0.361 e.